The van der Waals surface area contributed by atoms with Crippen LogP contribution in [-0.2, 0) is 17.8 Å². The van der Waals surface area contributed by atoms with E-state index in [1.54, 1.807) is 6.26 Å². The number of halogens is 1. The molecule has 0 radical (unpaired) electrons. The maximum atomic E-state index is 6.29. The molecule has 112 valence electrons. The van der Waals surface area contributed by atoms with Gasteiger partial charge in [0.25, 0.3) is 0 Å². The van der Waals surface area contributed by atoms with E-state index in [2.05, 4.69) is 11.0 Å². The molecule has 1 aromatic carbocycles. The molecule has 1 aliphatic rings. The van der Waals surface area contributed by atoms with Gasteiger partial charge in [0.15, 0.2) is 0 Å². The molecule has 0 N–H and O–H groups in total. The Bertz CT molecular complexity index is 550. The highest BCUT2D eigenvalue weighted by atomic mass is 35.5. The molecule has 0 spiro atoms. The summed E-state index contributed by atoms with van der Waals surface area (Å²) in [5, 5.41) is 0.814. The van der Waals surface area contributed by atoms with Crippen LogP contribution in [0.15, 0.2) is 47.1 Å². The number of ether oxygens (including phenoxy) is 1. The van der Waals surface area contributed by atoms with Gasteiger partial charge in [0.05, 0.1) is 18.9 Å². The molecule has 0 aliphatic carbocycles. The topological polar surface area (TPSA) is 25.6 Å². The minimum absolute atomic E-state index is 0.322. The van der Waals surface area contributed by atoms with Crippen molar-refractivity contribution in [3.8, 4) is 0 Å². The second kappa shape index (κ2) is 7.12. The van der Waals surface area contributed by atoms with Crippen LogP contribution < -0.4 is 0 Å². The summed E-state index contributed by atoms with van der Waals surface area (Å²) in [6, 6.07) is 11.9. The predicted molar refractivity (Wildman–Crippen MR) is 83.2 cm³/mol. The van der Waals surface area contributed by atoms with Crippen molar-refractivity contribution < 1.29 is 9.15 Å². The molecule has 1 atom stereocenters. The van der Waals surface area contributed by atoms with Crippen LogP contribution >= 0.6 is 11.6 Å². The lowest BCUT2D eigenvalue weighted by Gasteiger charge is -2.24. The Morgan fingerprint density at radius 3 is 2.76 bits per heavy atom. The monoisotopic (exact) mass is 305 g/mol. The van der Waals surface area contributed by atoms with Gasteiger partial charge in [-0.25, -0.2) is 0 Å². The van der Waals surface area contributed by atoms with Crippen LogP contribution in [0.4, 0.5) is 0 Å². The van der Waals surface area contributed by atoms with Crippen LogP contribution in [0.2, 0.25) is 5.02 Å². The summed E-state index contributed by atoms with van der Waals surface area (Å²) in [4.78, 5) is 2.34. The van der Waals surface area contributed by atoms with Gasteiger partial charge in [-0.15, -0.1) is 0 Å². The summed E-state index contributed by atoms with van der Waals surface area (Å²) < 4.78 is 11.2. The van der Waals surface area contributed by atoms with Gasteiger partial charge in [-0.2, -0.15) is 0 Å². The van der Waals surface area contributed by atoms with E-state index in [0.717, 1.165) is 55.4 Å². The van der Waals surface area contributed by atoms with Gasteiger partial charge < -0.3 is 9.15 Å². The first kappa shape index (κ1) is 14.6. The molecular weight excluding hydrogens is 286 g/mol. The minimum Gasteiger partial charge on any atom is -0.468 e. The molecular formula is C17H20ClNO2. The SMILES string of the molecule is Clc1ccccc1CN(Cc1ccco1)CC1CCCO1. The summed E-state index contributed by atoms with van der Waals surface area (Å²) in [6.45, 7) is 3.37. The van der Waals surface area contributed by atoms with Gasteiger partial charge >= 0.3 is 0 Å². The lowest BCUT2D eigenvalue weighted by Crippen LogP contribution is -2.31. The van der Waals surface area contributed by atoms with Crippen molar-refractivity contribution in [1.82, 2.24) is 4.90 Å². The van der Waals surface area contributed by atoms with Crippen LogP contribution in [0.5, 0.6) is 0 Å². The van der Waals surface area contributed by atoms with E-state index in [0.29, 0.717) is 6.10 Å². The van der Waals surface area contributed by atoms with E-state index in [1.807, 2.05) is 30.3 Å². The third-order valence-electron chi connectivity index (χ3n) is 3.80. The Morgan fingerprint density at radius 1 is 1.14 bits per heavy atom. The molecule has 1 aromatic heterocycles. The summed E-state index contributed by atoms with van der Waals surface area (Å²) in [5.41, 5.74) is 1.14. The number of nitrogens with zero attached hydrogens (tertiary/aromatic N) is 1. The average molecular weight is 306 g/mol. The van der Waals surface area contributed by atoms with Crippen molar-refractivity contribution in [2.75, 3.05) is 13.2 Å². The molecule has 2 heterocycles. The van der Waals surface area contributed by atoms with Crippen molar-refractivity contribution in [2.24, 2.45) is 0 Å². The average Bonchev–Trinajstić information content (AvgIpc) is 3.15. The van der Waals surface area contributed by atoms with Crippen molar-refractivity contribution in [3.05, 3.63) is 59.0 Å². The smallest absolute Gasteiger partial charge is 0.117 e. The normalized spacial score (nSPS) is 18.5. The van der Waals surface area contributed by atoms with E-state index in [-0.39, 0.29) is 0 Å². The minimum atomic E-state index is 0.322. The van der Waals surface area contributed by atoms with Gasteiger partial charge in [-0.3, -0.25) is 4.90 Å². The first-order valence-corrected chi connectivity index (χ1v) is 7.79. The van der Waals surface area contributed by atoms with E-state index >= 15 is 0 Å². The van der Waals surface area contributed by atoms with Crippen LogP contribution in [0.1, 0.15) is 24.2 Å². The second-order valence-electron chi connectivity index (χ2n) is 5.48. The van der Waals surface area contributed by atoms with Crippen molar-refractivity contribution in [2.45, 2.75) is 32.0 Å². The molecule has 2 aromatic rings. The number of benzene rings is 1. The van der Waals surface area contributed by atoms with Crippen LogP contribution in [0.25, 0.3) is 0 Å². The molecule has 4 heteroatoms. The van der Waals surface area contributed by atoms with E-state index in [1.165, 1.54) is 0 Å². The van der Waals surface area contributed by atoms with Crippen LogP contribution in [0, 0.1) is 0 Å². The molecule has 0 bridgehead atoms. The number of rotatable bonds is 6. The fourth-order valence-electron chi connectivity index (χ4n) is 2.75. The van der Waals surface area contributed by atoms with Crippen LogP contribution in [0.3, 0.4) is 0 Å². The zero-order valence-electron chi connectivity index (χ0n) is 12.0. The lowest BCUT2D eigenvalue weighted by molar-refractivity contribution is 0.0655. The summed E-state index contributed by atoms with van der Waals surface area (Å²) in [6.07, 6.45) is 4.33. The Labute approximate surface area is 130 Å². The maximum Gasteiger partial charge on any atom is 0.117 e. The molecule has 0 amide bonds. The largest absolute Gasteiger partial charge is 0.468 e. The second-order valence-corrected chi connectivity index (χ2v) is 5.88. The highest BCUT2D eigenvalue weighted by Gasteiger charge is 2.20. The van der Waals surface area contributed by atoms with Crippen molar-refractivity contribution in [1.29, 1.82) is 0 Å². The Balaban J connectivity index is 1.69. The lowest BCUT2D eigenvalue weighted by atomic mass is 10.1. The summed E-state index contributed by atoms with van der Waals surface area (Å²) in [7, 11) is 0. The zero-order chi connectivity index (χ0) is 14.5. The third-order valence-corrected chi connectivity index (χ3v) is 4.17. The summed E-state index contributed by atoms with van der Waals surface area (Å²) >= 11 is 6.29. The van der Waals surface area contributed by atoms with Crippen molar-refractivity contribution in [3.63, 3.8) is 0 Å². The highest BCUT2D eigenvalue weighted by molar-refractivity contribution is 6.31. The van der Waals surface area contributed by atoms with Crippen molar-refractivity contribution >= 4 is 11.6 Å². The van der Waals surface area contributed by atoms with E-state index < -0.39 is 0 Å². The van der Waals surface area contributed by atoms with Gasteiger partial charge in [-0.1, -0.05) is 29.8 Å². The molecule has 1 fully saturated rings. The van der Waals surface area contributed by atoms with Gasteiger partial charge in [-0.05, 0) is 36.6 Å². The maximum absolute atomic E-state index is 6.29. The summed E-state index contributed by atoms with van der Waals surface area (Å²) in [5.74, 6) is 0.972. The molecule has 0 saturated carbocycles. The van der Waals surface area contributed by atoms with E-state index in [4.69, 9.17) is 20.8 Å². The Kier molecular flexibility index (Phi) is 4.96. The standard InChI is InChI=1S/C17H20ClNO2/c18-17-8-2-1-5-14(17)11-19(12-15-6-3-9-20-15)13-16-7-4-10-21-16/h1-3,5-6,8-9,16H,4,7,10-13H2. The highest BCUT2D eigenvalue weighted by Crippen LogP contribution is 2.21. The van der Waals surface area contributed by atoms with Gasteiger partial charge in [0.2, 0.25) is 0 Å². The first-order chi connectivity index (χ1) is 10.3. The van der Waals surface area contributed by atoms with E-state index in [9.17, 15) is 0 Å². The molecule has 1 unspecified atom stereocenters. The number of hydrogen-bond donors (Lipinski definition) is 0. The molecule has 1 aliphatic heterocycles. The molecule has 21 heavy (non-hydrogen) atoms. The molecule has 1 saturated heterocycles. The third kappa shape index (κ3) is 4.10. The van der Waals surface area contributed by atoms with Crippen LogP contribution in [-0.4, -0.2) is 24.2 Å². The Hall–Kier alpha value is -1.29. The number of hydrogen-bond acceptors (Lipinski definition) is 3. The zero-order valence-corrected chi connectivity index (χ0v) is 12.8. The first-order valence-electron chi connectivity index (χ1n) is 7.41. The predicted octanol–water partition coefficient (Wildman–Crippen LogP) is 4.11. The quantitative estimate of drug-likeness (QED) is 0.803. The van der Waals surface area contributed by atoms with Gasteiger partial charge in [0, 0.05) is 24.7 Å². The Morgan fingerprint density at radius 2 is 2.05 bits per heavy atom. The van der Waals surface area contributed by atoms with Gasteiger partial charge in [0.1, 0.15) is 5.76 Å². The fourth-order valence-corrected chi connectivity index (χ4v) is 2.95. The molecule has 3 rings (SSSR count). The number of furan rings is 1. The fraction of sp³-hybridized carbons (Fsp3) is 0.412. The molecule has 3 nitrogen and oxygen atoms in total.